The summed E-state index contributed by atoms with van der Waals surface area (Å²) >= 11 is 0. The van der Waals surface area contributed by atoms with Gasteiger partial charge in [0.1, 0.15) is 5.69 Å². The van der Waals surface area contributed by atoms with Gasteiger partial charge < -0.3 is 20.6 Å². The van der Waals surface area contributed by atoms with Crippen LogP contribution in [0.3, 0.4) is 0 Å². The Labute approximate surface area is 170 Å². The smallest absolute Gasteiger partial charge is 0.228 e. The van der Waals surface area contributed by atoms with Crippen molar-refractivity contribution in [3.05, 3.63) is 18.2 Å². The molecule has 2 saturated heterocycles. The molecule has 2 aromatic rings. The minimum absolute atomic E-state index is 0.00428. The minimum Gasteiger partial charge on any atom is -0.392 e. The number of hydrogen-bond acceptors (Lipinski definition) is 8. The molecule has 2 atom stereocenters. The molecule has 3 N–H and O–H groups in total. The molecule has 156 valence electrons. The number of aliphatic hydroxyl groups is 1. The van der Waals surface area contributed by atoms with Crippen molar-refractivity contribution < 1.29 is 9.50 Å². The zero-order valence-corrected chi connectivity index (χ0v) is 17.1. The molecule has 8 nitrogen and oxygen atoms in total. The summed E-state index contributed by atoms with van der Waals surface area (Å²) in [6, 6.07) is 0.423. The van der Waals surface area contributed by atoms with Gasteiger partial charge in [0, 0.05) is 43.1 Å². The van der Waals surface area contributed by atoms with Crippen LogP contribution >= 0.6 is 0 Å². The molecule has 4 heterocycles. The molecule has 1 saturated carbocycles. The number of nitrogens with two attached hydrogens (primary N) is 1. The third kappa shape index (κ3) is 3.71. The van der Waals surface area contributed by atoms with Gasteiger partial charge in [-0.15, -0.1) is 0 Å². The van der Waals surface area contributed by atoms with E-state index in [1.165, 1.54) is 12.4 Å². The van der Waals surface area contributed by atoms with Gasteiger partial charge in [-0.2, -0.15) is 4.98 Å². The van der Waals surface area contributed by atoms with Crippen molar-refractivity contribution >= 4 is 17.7 Å². The number of aromatic nitrogens is 4. The van der Waals surface area contributed by atoms with E-state index in [0.29, 0.717) is 23.5 Å². The molecule has 0 aromatic carbocycles. The summed E-state index contributed by atoms with van der Waals surface area (Å²) in [5.74, 6) is 0.996. The summed E-state index contributed by atoms with van der Waals surface area (Å²) in [4.78, 5) is 21.2. The molecule has 2 aromatic heterocycles. The highest BCUT2D eigenvalue weighted by Gasteiger charge is 2.44. The number of nitrogen functional groups attached to an aromatic ring is 1. The lowest BCUT2D eigenvalue weighted by atomic mass is 9.86. The Balaban J connectivity index is 1.84. The van der Waals surface area contributed by atoms with Gasteiger partial charge in [-0.3, -0.25) is 0 Å². The van der Waals surface area contributed by atoms with Gasteiger partial charge in [-0.1, -0.05) is 6.92 Å². The van der Waals surface area contributed by atoms with Gasteiger partial charge in [0.2, 0.25) is 11.9 Å². The van der Waals surface area contributed by atoms with Gasteiger partial charge in [0.25, 0.3) is 0 Å². The second kappa shape index (κ2) is 7.70. The summed E-state index contributed by atoms with van der Waals surface area (Å²) in [5.41, 5.74) is 6.21. The maximum atomic E-state index is 15.7. The van der Waals surface area contributed by atoms with Crippen molar-refractivity contribution in [1.29, 1.82) is 0 Å². The van der Waals surface area contributed by atoms with Gasteiger partial charge >= 0.3 is 0 Å². The molecule has 0 spiro atoms. The Morgan fingerprint density at radius 1 is 1.28 bits per heavy atom. The number of hydrogen-bond donors (Lipinski definition) is 2. The SMILES string of the molecule is CC[C@H](C)N(C[C@H](C)O)c1nc(N2CC3CC2C3)nc(-c2cnc(N)nc2)c1F. The average molecular weight is 401 g/mol. The standard InChI is InChI=1S/C20H28FN7O/c1-4-11(2)27(9-12(3)29)18-16(21)17(14-7-23-19(22)24-8-14)25-20(26-18)28-10-13-5-15(28)6-13/h7-8,11-13,15,29H,4-6,9-10H2,1-3H3,(H2,22,23,24)/t11-,12-,13?,15?/m0/s1. The number of fused-ring (bicyclic) bond motifs is 1. The summed E-state index contributed by atoms with van der Waals surface area (Å²) in [7, 11) is 0. The largest absolute Gasteiger partial charge is 0.392 e. The zero-order chi connectivity index (χ0) is 20.7. The molecule has 2 bridgehead atoms. The second-order valence-electron chi connectivity index (χ2n) is 8.24. The van der Waals surface area contributed by atoms with Crippen LogP contribution in [0, 0.1) is 11.7 Å². The van der Waals surface area contributed by atoms with E-state index in [1.807, 2.05) is 18.7 Å². The van der Waals surface area contributed by atoms with Gasteiger partial charge in [0.05, 0.1) is 6.10 Å². The molecular weight excluding hydrogens is 373 g/mol. The van der Waals surface area contributed by atoms with E-state index in [1.54, 1.807) is 6.92 Å². The van der Waals surface area contributed by atoms with Crippen LogP contribution in [0.2, 0.25) is 0 Å². The third-order valence-electron chi connectivity index (χ3n) is 5.99. The van der Waals surface area contributed by atoms with Crippen LogP contribution in [0.5, 0.6) is 0 Å². The molecular formula is C20H28FN7O. The average Bonchev–Trinajstić information content (AvgIpc) is 3.28. The van der Waals surface area contributed by atoms with Crippen molar-refractivity contribution in [2.75, 3.05) is 28.6 Å². The Morgan fingerprint density at radius 2 is 1.97 bits per heavy atom. The normalized spacial score (nSPS) is 22.3. The Morgan fingerprint density at radius 3 is 2.52 bits per heavy atom. The Hall–Kier alpha value is -2.55. The summed E-state index contributed by atoms with van der Waals surface area (Å²) in [6.07, 6.45) is 5.41. The quantitative estimate of drug-likeness (QED) is 0.728. The van der Waals surface area contributed by atoms with Crippen LogP contribution in [0.1, 0.15) is 40.0 Å². The highest BCUT2D eigenvalue weighted by molar-refractivity contribution is 5.66. The third-order valence-corrected chi connectivity index (χ3v) is 5.99. The summed E-state index contributed by atoms with van der Waals surface area (Å²) in [6.45, 7) is 6.91. The monoisotopic (exact) mass is 401 g/mol. The Bertz CT molecular complexity index is 870. The van der Waals surface area contributed by atoms with E-state index in [4.69, 9.17) is 5.73 Å². The number of aliphatic hydroxyl groups excluding tert-OH is 1. The van der Waals surface area contributed by atoms with Crippen molar-refractivity contribution in [1.82, 2.24) is 19.9 Å². The van der Waals surface area contributed by atoms with E-state index < -0.39 is 11.9 Å². The lowest BCUT2D eigenvalue weighted by Crippen LogP contribution is -2.40. The van der Waals surface area contributed by atoms with Crippen molar-refractivity contribution in [2.45, 2.75) is 58.2 Å². The van der Waals surface area contributed by atoms with Crippen molar-refractivity contribution in [3.63, 3.8) is 0 Å². The molecule has 5 rings (SSSR count). The van der Waals surface area contributed by atoms with E-state index in [0.717, 1.165) is 25.8 Å². The number of nitrogens with zero attached hydrogens (tertiary/aromatic N) is 6. The highest BCUT2D eigenvalue weighted by atomic mass is 19.1. The summed E-state index contributed by atoms with van der Waals surface area (Å²) in [5, 5.41) is 10.0. The van der Waals surface area contributed by atoms with E-state index >= 15 is 4.39 Å². The van der Waals surface area contributed by atoms with Crippen molar-refractivity contribution in [2.24, 2.45) is 5.92 Å². The predicted molar refractivity (Wildman–Crippen MR) is 110 cm³/mol. The lowest BCUT2D eigenvalue weighted by Gasteiger charge is -2.32. The fourth-order valence-corrected chi connectivity index (χ4v) is 4.15. The molecule has 2 aliphatic heterocycles. The number of anilines is 3. The van der Waals surface area contributed by atoms with E-state index in [9.17, 15) is 5.11 Å². The molecule has 3 fully saturated rings. The van der Waals surface area contributed by atoms with E-state index in [-0.39, 0.29) is 30.0 Å². The van der Waals surface area contributed by atoms with Crippen molar-refractivity contribution in [3.8, 4) is 11.3 Å². The van der Waals surface area contributed by atoms with Crippen LogP contribution in [0.4, 0.5) is 22.1 Å². The predicted octanol–water partition coefficient (Wildman–Crippen LogP) is 2.24. The van der Waals surface area contributed by atoms with Crippen LogP contribution in [-0.4, -0.2) is 56.3 Å². The number of rotatable bonds is 7. The fraction of sp³-hybridized carbons (Fsp3) is 0.600. The van der Waals surface area contributed by atoms with Gasteiger partial charge in [0.15, 0.2) is 11.6 Å². The van der Waals surface area contributed by atoms with Gasteiger partial charge in [-0.25, -0.2) is 19.3 Å². The molecule has 3 aliphatic rings. The topological polar surface area (TPSA) is 104 Å². The molecule has 9 heteroatoms. The maximum Gasteiger partial charge on any atom is 0.228 e. The summed E-state index contributed by atoms with van der Waals surface area (Å²) < 4.78 is 15.7. The molecule has 0 radical (unpaired) electrons. The molecule has 1 aliphatic carbocycles. The highest BCUT2D eigenvalue weighted by Crippen LogP contribution is 2.43. The fourth-order valence-electron chi connectivity index (χ4n) is 4.15. The van der Waals surface area contributed by atoms with Crippen LogP contribution in [0.15, 0.2) is 12.4 Å². The maximum absolute atomic E-state index is 15.7. The van der Waals surface area contributed by atoms with Crippen LogP contribution in [-0.2, 0) is 0 Å². The zero-order valence-electron chi connectivity index (χ0n) is 17.1. The lowest BCUT2D eigenvalue weighted by molar-refractivity contribution is 0.196. The molecule has 29 heavy (non-hydrogen) atoms. The second-order valence-corrected chi connectivity index (χ2v) is 8.24. The molecule has 0 amide bonds. The van der Waals surface area contributed by atoms with Gasteiger partial charge in [-0.05, 0) is 39.0 Å². The first-order valence-electron chi connectivity index (χ1n) is 10.2. The minimum atomic E-state index is -0.621. The van der Waals surface area contributed by atoms with Crippen LogP contribution < -0.4 is 15.5 Å². The molecule has 0 unspecified atom stereocenters. The van der Waals surface area contributed by atoms with Crippen LogP contribution in [0.25, 0.3) is 11.3 Å². The first kappa shape index (κ1) is 19.8. The Kier molecular flexibility index (Phi) is 5.24. The van der Waals surface area contributed by atoms with E-state index in [2.05, 4.69) is 24.8 Å². The first-order valence-corrected chi connectivity index (χ1v) is 10.2. The first-order chi connectivity index (χ1) is 13.9. The number of halogens is 1.